The zero-order valence-corrected chi connectivity index (χ0v) is 11.0. The zero-order valence-electron chi connectivity index (χ0n) is 11.0. The van der Waals surface area contributed by atoms with Gasteiger partial charge < -0.3 is 16.8 Å². The van der Waals surface area contributed by atoms with Crippen LogP contribution in [0.4, 0.5) is 0 Å². The van der Waals surface area contributed by atoms with Crippen molar-refractivity contribution in [1.29, 1.82) is 0 Å². The van der Waals surface area contributed by atoms with Gasteiger partial charge in [-0.2, -0.15) is 0 Å². The van der Waals surface area contributed by atoms with Crippen molar-refractivity contribution in [2.45, 2.75) is 32.2 Å². The molecule has 0 spiro atoms. The van der Waals surface area contributed by atoms with Crippen LogP contribution in [0.15, 0.2) is 24.3 Å². The Hall–Kier alpha value is -1.39. The number of nitrogens with two attached hydrogens (primary N) is 2. The molecule has 0 heterocycles. The van der Waals surface area contributed by atoms with E-state index >= 15 is 0 Å². The van der Waals surface area contributed by atoms with Gasteiger partial charge in [0.2, 0.25) is 5.91 Å². The molecule has 100 valence electrons. The number of hydrogen-bond donors (Lipinski definition) is 3. The van der Waals surface area contributed by atoms with Crippen molar-refractivity contribution in [3.8, 4) is 0 Å². The lowest BCUT2D eigenvalue weighted by Gasteiger charge is -2.12. The number of hydrogen-bond acceptors (Lipinski definition) is 3. The lowest BCUT2D eigenvalue weighted by molar-refractivity contribution is -0.122. The van der Waals surface area contributed by atoms with Crippen LogP contribution < -0.4 is 16.8 Å². The highest BCUT2D eigenvalue weighted by molar-refractivity contribution is 5.81. The van der Waals surface area contributed by atoms with Gasteiger partial charge in [0, 0.05) is 6.54 Å². The molecule has 0 radical (unpaired) electrons. The summed E-state index contributed by atoms with van der Waals surface area (Å²) in [6, 6.07) is 7.60. The normalized spacial score (nSPS) is 12.2. The van der Waals surface area contributed by atoms with Gasteiger partial charge in [0.15, 0.2) is 0 Å². The molecule has 1 aromatic carbocycles. The van der Waals surface area contributed by atoms with Crippen LogP contribution >= 0.6 is 0 Å². The summed E-state index contributed by atoms with van der Waals surface area (Å²) in [5.74, 6) is -0.0902. The molecule has 0 saturated heterocycles. The second-order valence-corrected chi connectivity index (χ2v) is 4.58. The minimum atomic E-state index is -0.481. The van der Waals surface area contributed by atoms with Gasteiger partial charge in [-0.05, 0) is 38.3 Å². The van der Waals surface area contributed by atoms with Gasteiger partial charge >= 0.3 is 0 Å². The van der Waals surface area contributed by atoms with Crippen LogP contribution in [-0.2, 0) is 11.2 Å². The minimum Gasteiger partial charge on any atom is -0.355 e. The standard InChI is InChI=1S/C14H23N3O/c1-11-4-6-12(7-5-11)10-13(16)14(18)17-9-3-2-8-15/h4-7,13H,2-3,8-10,15-16H2,1H3,(H,17,18)/t13-/m0/s1. The van der Waals surface area contributed by atoms with E-state index in [1.165, 1.54) is 5.56 Å². The summed E-state index contributed by atoms with van der Waals surface area (Å²) in [7, 11) is 0. The van der Waals surface area contributed by atoms with Crippen molar-refractivity contribution in [2.24, 2.45) is 11.5 Å². The lowest BCUT2D eigenvalue weighted by Crippen LogP contribution is -2.42. The summed E-state index contributed by atoms with van der Waals surface area (Å²) in [6.07, 6.45) is 2.40. The molecule has 0 aliphatic carbocycles. The van der Waals surface area contributed by atoms with E-state index in [2.05, 4.69) is 5.32 Å². The van der Waals surface area contributed by atoms with Crippen molar-refractivity contribution in [3.63, 3.8) is 0 Å². The van der Waals surface area contributed by atoms with E-state index in [4.69, 9.17) is 11.5 Å². The number of unbranched alkanes of at least 4 members (excludes halogenated alkanes) is 1. The molecule has 18 heavy (non-hydrogen) atoms. The number of benzene rings is 1. The number of rotatable bonds is 7. The molecule has 4 nitrogen and oxygen atoms in total. The monoisotopic (exact) mass is 249 g/mol. The largest absolute Gasteiger partial charge is 0.355 e. The van der Waals surface area contributed by atoms with Gasteiger partial charge in [-0.3, -0.25) is 4.79 Å². The Morgan fingerprint density at radius 1 is 1.28 bits per heavy atom. The van der Waals surface area contributed by atoms with E-state index in [1.807, 2.05) is 31.2 Å². The molecule has 0 unspecified atom stereocenters. The second kappa shape index (κ2) is 7.84. The van der Waals surface area contributed by atoms with Gasteiger partial charge in [0.25, 0.3) is 0 Å². The Bertz CT molecular complexity index is 362. The van der Waals surface area contributed by atoms with Crippen LogP contribution in [0, 0.1) is 6.92 Å². The molecule has 0 bridgehead atoms. The molecule has 1 aromatic rings. The maximum absolute atomic E-state index is 11.7. The predicted octanol–water partition coefficient (Wildman–Crippen LogP) is 0.720. The minimum absolute atomic E-state index is 0.0902. The smallest absolute Gasteiger partial charge is 0.237 e. The molecule has 1 amide bonds. The highest BCUT2D eigenvalue weighted by Crippen LogP contribution is 2.05. The van der Waals surface area contributed by atoms with Crippen LogP contribution in [0.1, 0.15) is 24.0 Å². The van der Waals surface area contributed by atoms with Crippen molar-refractivity contribution < 1.29 is 4.79 Å². The number of carbonyl (C=O) groups excluding carboxylic acids is 1. The summed E-state index contributed by atoms with van der Waals surface area (Å²) in [4.78, 5) is 11.7. The number of amides is 1. The third-order valence-corrected chi connectivity index (χ3v) is 2.84. The van der Waals surface area contributed by atoms with E-state index in [0.29, 0.717) is 19.5 Å². The molecule has 0 fully saturated rings. The van der Waals surface area contributed by atoms with Gasteiger partial charge in [0.1, 0.15) is 0 Å². The van der Waals surface area contributed by atoms with Crippen LogP contribution in [0.2, 0.25) is 0 Å². The molecule has 0 saturated carbocycles. The van der Waals surface area contributed by atoms with E-state index in [1.54, 1.807) is 0 Å². The van der Waals surface area contributed by atoms with Crippen molar-refractivity contribution >= 4 is 5.91 Å². The maximum Gasteiger partial charge on any atom is 0.237 e. The van der Waals surface area contributed by atoms with Gasteiger partial charge in [-0.15, -0.1) is 0 Å². The second-order valence-electron chi connectivity index (χ2n) is 4.58. The van der Waals surface area contributed by atoms with Crippen molar-refractivity contribution in [1.82, 2.24) is 5.32 Å². The van der Waals surface area contributed by atoms with Gasteiger partial charge in [-0.1, -0.05) is 29.8 Å². The Labute approximate surface area is 109 Å². The summed E-state index contributed by atoms with van der Waals surface area (Å²) in [6.45, 7) is 3.34. The average molecular weight is 249 g/mol. The third kappa shape index (κ3) is 5.29. The Morgan fingerprint density at radius 2 is 1.94 bits per heavy atom. The molecule has 1 atom stereocenters. The highest BCUT2D eigenvalue weighted by Gasteiger charge is 2.13. The summed E-state index contributed by atoms with van der Waals surface area (Å²) in [5, 5.41) is 2.83. The first kappa shape index (κ1) is 14.7. The first-order valence-electron chi connectivity index (χ1n) is 6.42. The van der Waals surface area contributed by atoms with E-state index in [-0.39, 0.29) is 5.91 Å². The molecule has 5 N–H and O–H groups in total. The summed E-state index contributed by atoms with van der Waals surface area (Å²) < 4.78 is 0. The van der Waals surface area contributed by atoms with E-state index in [0.717, 1.165) is 18.4 Å². The quantitative estimate of drug-likeness (QED) is 0.623. The first-order valence-corrected chi connectivity index (χ1v) is 6.42. The topological polar surface area (TPSA) is 81.1 Å². The fraction of sp³-hybridized carbons (Fsp3) is 0.500. The molecular formula is C14H23N3O. The fourth-order valence-electron chi connectivity index (χ4n) is 1.68. The van der Waals surface area contributed by atoms with Crippen LogP contribution in [0.25, 0.3) is 0 Å². The average Bonchev–Trinajstić information content (AvgIpc) is 2.37. The maximum atomic E-state index is 11.7. The van der Waals surface area contributed by atoms with Crippen LogP contribution in [-0.4, -0.2) is 25.0 Å². The van der Waals surface area contributed by atoms with Crippen molar-refractivity contribution in [3.05, 3.63) is 35.4 Å². The molecule has 0 aliphatic rings. The van der Waals surface area contributed by atoms with E-state index in [9.17, 15) is 4.79 Å². The fourth-order valence-corrected chi connectivity index (χ4v) is 1.68. The molecule has 0 aromatic heterocycles. The van der Waals surface area contributed by atoms with E-state index < -0.39 is 6.04 Å². The molecule has 0 aliphatic heterocycles. The Morgan fingerprint density at radius 3 is 2.56 bits per heavy atom. The van der Waals surface area contributed by atoms with Crippen LogP contribution in [0.3, 0.4) is 0 Å². The summed E-state index contributed by atoms with van der Waals surface area (Å²) in [5.41, 5.74) is 13.5. The Kier molecular flexibility index (Phi) is 6.39. The highest BCUT2D eigenvalue weighted by atomic mass is 16.2. The number of nitrogens with one attached hydrogen (secondary N) is 1. The number of aryl methyl sites for hydroxylation is 1. The Balaban J connectivity index is 2.33. The SMILES string of the molecule is Cc1ccc(C[C@H](N)C(=O)NCCCCN)cc1. The number of carbonyl (C=O) groups is 1. The first-order chi connectivity index (χ1) is 8.63. The third-order valence-electron chi connectivity index (χ3n) is 2.84. The van der Waals surface area contributed by atoms with Gasteiger partial charge in [-0.25, -0.2) is 0 Å². The molecule has 1 rings (SSSR count). The molecule has 4 heteroatoms. The zero-order chi connectivity index (χ0) is 13.4. The van der Waals surface area contributed by atoms with Crippen molar-refractivity contribution in [2.75, 3.05) is 13.1 Å². The molecular weight excluding hydrogens is 226 g/mol. The van der Waals surface area contributed by atoms with Gasteiger partial charge in [0.05, 0.1) is 6.04 Å². The van der Waals surface area contributed by atoms with Crippen LogP contribution in [0.5, 0.6) is 0 Å². The predicted molar refractivity (Wildman–Crippen MR) is 74.2 cm³/mol. The summed E-state index contributed by atoms with van der Waals surface area (Å²) >= 11 is 0. The lowest BCUT2D eigenvalue weighted by atomic mass is 10.0.